The highest BCUT2D eigenvalue weighted by Gasteiger charge is 2.30. The van der Waals surface area contributed by atoms with Gasteiger partial charge in [0.05, 0.1) is 32.4 Å². The van der Waals surface area contributed by atoms with E-state index in [1.54, 1.807) is 12.0 Å². The third kappa shape index (κ3) is 4.34. The van der Waals surface area contributed by atoms with Gasteiger partial charge in [-0.2, -0.15) is 0 Å². The number of hydrogen-bond donors (Lipinski definition) is 0. The second kappa shape index (κ2) is 8.05. The third-order valence-corrected chi connectivity index (χ3v) is 4.82. The Bertz CT molecular complexity index is 639. The summed E-state index contributed by atoms with van der Waals surface area (Å²) in [6.07, 6.45) is 0.104. The Hall–Kier alpha value is -2.12. The molecule has 0 unspecified atom stereocenters. The normalized spacial score (nSPS) is 24.7. The van der Waals surface area contributed by atoms with E-state index in [0.717, 1.165) is 11.4 Å². The molecule has 0 saturated carbocycles. The van der Waals surface area contributed by atoms with Crippen molar-refractivity contribution in [2.75, 3.05) is 51.3 Å². The van der Waals surface area contributed by atoms with E-state index in [4.69, 9.17) is 9.47 Å². The van der Waals surface area contributed by atoms with Crippen molar-refractivity contribution in [3.8, 4) is 5.75 Å². The highest BCUT2D eigenvalue weighted by molar-refractivity contribution is 5.96. The van der Waals surface area contributed by atoms with Crippen LogP contribution in [0.1, 0.15) is 13.8 Å². The van der Waals surface area contributed by atoms with Crippen LogP contribution in [0.25, 0.3) is 0 Å². The summed E-state index contributed by atoms with van der Waals surface area (Å²) in [4.78, 5) is 30.6. The van der Waals surface area contributed by atoms with Crippen molar-refractivity contribution in [1.82, 2.24) is 9.80 Å². The molecule has 2 heterocycles. The molecule has 2 aliphatic heterocycles. The zero-order chi connectivity index (χ0) is 18.7. The molecule has 2 aliphatic rings. The fourth-order valence-electron chi connectivity index (χ4n) is 3.56. The molecular weight excluding hydrogens is 334 g/mol. The lowest BCUT2D eigenvalue weighted by molar-refractivity contribution is -0.144. The molecule has 0 spiro atoms. The molecule has 2 atom stereocenters. The average Bonchev–Trinajstić information content (AvgIpc) is 2.61. The maximum absolute atomic E-state index is 12.6. The largest absolute Gasteiger partial charge is 0.497 e. The van der Waals surface area contributed by atoms with Crippen molar-refractivity contribution in [1.29, 1.82) is 0 Å². The van der Waals surface area contributed by atoms with Crippen LogP contribution in [-0.4, -0.2) is 80.2 Å². The number of benzene rings is 1. The summed E-state index contributed by atoms with van der Waals surface area (Å²) < 4.78 is 10.8. The lowest BCUT2D eigenvalue weighted by atomic mass is 10.2. The van der Waals surface area contributed by atoms with E-state index in [-0.39, 0.29) is 37.1 Å². The number of ether oxygens (including phenoxy) is 2. The van der Waals surface area contributed by atoms with E-state index >= 15 is 0 Å². The minimum Gasteiger partial charge on any atom is -0.497 e. The van der Waals surface area contributed by atoms with E-state index in [1.807, 2.05) is 47.9 Å². The quantitative estimate of drug-likeness (QED) is 0.800. The van der Waals surface area contributed by atoms with Gasteiger partial charge < -0.3 is 19.3 Å². The van der Waals surface area contributed by atoms with Crippen LogP contribution < -0.4 is 9.64 Å². The number of rotatable bonds is 4. The van der Waals surface area contributed by atoms with Gasteiger partial charge in [0, 0.05) is 31.9 Å². The zero-order valence-corrected chi connectivity index (χ0v) is 15.7. The van der Waals surface area contributed by atoms with Gasteiger partial charge in [-0.1, -0.05) is 0 Å². The van der Waals surface area contributed by atoms with Crippen LogP contribution in [0, 0.1) is 0 Å². The van der Waals surface area contributed by atoms with Gasteiger partial charge in [-0.3, -0.25) is 14.5 Å². The van der Waals surface area contributed by atoms with E-state index in [9.17, 15) is 9.59 Å². The Morgan fingerprint density at radius 2 is 1.81 bits per heavy atom. The number of morpholine rings is 1. The predicted molar refractivity (Wildman–Crippen MR) is 98.4 cm³/mol. The molecular formula is C19H27N3O4. The SMILES string of the molecule is COc1ccc(N2CCN(CC(=O)N3C[C@@H](C)O[C@@H](C)C3)CC2=O)cc1. The minimum atomic E-state index is 0.0120. The number of hydrogen-bond acceptors (Lipinski definition) is 5. The maximum Gasteiger partial charge on any atom is 0.241 e. The Morgan fingerprint density at radius 3 is 2.38 bits per heavy atom. The molecule has 0 aliphatic carbocycles. The monoisotopic (exact) mass is 361 g/mol. The summed E-state index contributed by atoms with van der Waals surface area (Å²) in [5, 5.41) is 0. The van der Waals surface area contributed by atoms with Crippen molar-refractivity contribution >= 4 is 17.5 Å². The number of piperazine rings is 1. The first-order valence-electron chi connectivity index (χ1n) is 9.06. The predicted octanol–water partition coefficient (Wildman–Crippen LogP) is 0.980. The first-order chi connectivity index (χ1) is 12.5. The maximum atomic E-state index is 12.6. The Kier molecular flexibility index (Phi) is 5.78. The molecule has 0 radical (unpaired) electrons. The molecule has 7 nitrogen and oxygen atoms in total. The highest BCUT2D eigenvalue weighted by Crippen LogP contribution is 2.21. The van der Waals surface area contributed by atoms with Gasteiger partial charge in [-0.25, -0.2) is 0 Å². The van der Waals surface area contributed by atoms with Crippen molar-refractivity contribution in [2.45, 2.75) is 26.1 Å². The van der Waals surface area contributed by atoms with Gasteiger partial charge >= 0.3 is 0 Å². The van der Waals surface area contributed by atoms with Gasteiger partial charge in [0.1, 0.15) is 5.75 Å². The van der Waals surface area contributed by atoms with E-state index in [2.05, 4.69) is 0 Å². The number of carbonyl (C=O) groups is 2. The summed E-state index contributed by atoms with van der Waals surface area (Å²) >= 11 is 0. The van der Waals surface area contributed by atoms with Crippen LogP contribution >= 0.6 is 0 Å². The second-order valence-electron chi connectivity index (χ2n) is 7.01. The number of amides is 2. The molecule has 0 bridgehead atoms. The Balaban J connectivity index is 1.54. The fourth-order valence-corrected chi connectivity index (χ4v) is 3.56. The van der Waals surface area contributed by atoms with Crippen LogP contribution in [0.5, 0.6) is 5.75 Å². The van der Waals surface area contributed by atoms with Gasteiger partial charge in [-0.15, -0.1) is 0 Å². The molecule has 7 heteroatoms. The highest BCUT2D eigenvalue weighted by atomic mass is 16.5. The average molecular weight is 361 g/mol. The Morgan fingerprint density at radius 1 is 1.15 bits per heavy atom. The van der Waals surface area contributed by atoms with Crippen LogP contribution in [0.3, 0.4) is 0 Å². The summed E-state index contributed by atoms with van der Waals surface area (Å²) in [6, 6.07) is 7.46. The molecule has 142 valence electrons. The fraction of sp³-hybridized carbons (Fsp3) is 0.579. The molecule has 2 fully saturated rings. The van der Waals surface area contributed by atoms with Crippen molar-refractivity contribution in [3.05, 3.63) is 24.3 Å². The van der Waals surface area contributed by atoms with Gasteiger partial charge in [-0.05, 0) is 38.1 Å². The topological polar surface area (TPSA) is 62.3 Å². The van der Waals surface area contributed by atoms with Crippen LogP contribution in [0.4, 0.5) is 5.69 Å². The third-order valence-electron chi connectivity index (χ3n) is 4.82. The summed E-state index contributed by atoms with van der Waals surface area (Å²) in [5.41, 5.74) is 0.859. The number of anilines is 1. The standard InChI is InChI=1S/C19H27N3O4/c1-14-10-21(11-15(2)26-14)18(23)12-20-8-9-22(19(24)13-20)16-4-6-17(25-3)7-5-16/h4-7,14-15H,8-13H2,1-3H3/t14-,15+. The molecule has 26 heavy (non-hydrogen) atoms. The number of methoxy groups -OCH3 is 1. The summed E-state index contributed by atoms with van der Waals surface area (Å²) in [7, 11) is 1.62. The second-order valence-corrected chi connectivity index (χ2v) is 7.01. The van der Waals surface area contributed by atoms with E-state index in [1.165, 1.54) is 0 Å². The summed E-state index contributed by atoms with van der Waals surface area (Å²) in [5.74, 6) is 0.843. The first-order valence-corrected chi connectivity index (χ1v) is 9.06. The zero-order valence-electron chi connectivity index (χ0n) is 15.7. The van der Waals surface area contributed by atoms with Crippen molar-refractivity contribution < 1.29 is 19.1 Å². The summed E-state index contributed by atoms with van der Waals surface area (Å²) in [6.45, 7) is 6.98. The molecule has 0 aromatic heterocycles. The molecule has 1 aromatic carbocycles. The smallest absolute Gasteiger partial charge is 0.241 e. The van der Waals surface area contributed by atoms with Gasteiger partial charge in [0.2, 0.25) is 11.8 Å². The van der Waals surface area contributed by atoms with Gasteiger partial charge in [0.25, 0.3) is 0 Å². The minimum absolute atomic E-state index is 0.0120. The lowest BCUT2D eigenvalue weighted by Gasteiger charge is -2.38. The molecule has 1 aromatic rings. The van der Waals surface area contributed by atoms with Crippen LogP contribution in [0.2, 0.25) is 0 Å². The first kappa shape index (κ1) is 18.7. The molecule has 0 N–H and O–H groups in total. The molecule has 2 amide bonds. The molecule has 3 rings (SSSR count). The molecule has 2 saturated heterocycles. The van der Waals surface area contributed by atoms with Crippen molar-refractivity contribution in [2.24, 2.45) is 0 Å². The van der Waals surface area contributed by atoms with Crippen LogP contribution in [0.15, 0.2) is 24.3 Å². The Labute approximate surface area is 154 Å². The lowest BCUT2D eigenvalue weighted by Crippen LogP contribution is -2.55. The van der Waals surface area contributed by atoms with Gasteiger partial charge in [0.15, 0.2) is 0 Å². The van der Waals surface area contributed by atoms with E-state index < -0.39 is 0 Å². The van der Waals surface area contributed by atoms with Crippen molar-refractivity contribution in [3.63, 3.8) is 0 Å². The number of nitrogens with zero attached hydrogens (tertiary/aromatic N) is 3. The van der Waals surface area contributed by atoms with E-state index in [0.29, 0.717) is 26.2 Å². The number of carbonyl (C=O) groups excluding carboxylic acids is 2. The van der Waals surface area contributed by atoms with Crippen LogP contribution in [-0.2, 0) is 14.3 Å².